The first-order chi connectivity index (χ1) is 9.81. The Labute approximate surface area is 121 Å². The van der Waals surface area contributed by atoms with Crippen LogP contribution in [0.4, 0.5) is 5.69 Å². The Morgan fingerprint density at radius 1 is 1.40 bits per heavy atom. The van der Waals surface area contributed by atoms with Gasteiger partial charge in [-0.2, -0.15) is 0 Å². The zero-order valence-electron chi connectivity index (χ0n) is 12.2. The number of para-hydroxylation sites is 1. The summed E-state index contributed by atoms with van der Waals surface area (Å²) in [6, 6.07) is 10.1. The summed E-state index contributed by atoms with van der Waals surface area (Å²) >= 11 is 0. The molecule has 1 aromatic carbocycles. The molecule has 4 nitrogen and oxygen atoms in total. The van der Waals surface area contributed by atoms with E-state index in [4.69, 9.17) is 4.74 Å². The zero-order valence-corrected chi connectivity index (χ0v) is 12.2. The van der Waals surface area contributed by atoms with Gasteiger partial charge in [-0.1, -0.05) is 31.5 Å². The molecule has 2 rings (SSSR count). The third-order valence-corrected chi connectivity index (χ3v) is 3.52. The highest BCUT2D eigenvalue weighted by Crippen LogP contribution is 2.16. The molecule has 1 atom stereocenters. The molecule has 110 valence electrons. The quantitative estimate of drug-likeness (QED) is 0.866. The van der Waals surface area contributed by atoms with Gasteiger partial charge in [-0.15, -0.1) is 0 Å². The number of hydrogen-bond acceptors (Lipinski definition) is 3. The van der Waals surface area contributed by atoms with Crippen LogP contribution in [0, 0.1) is 0 Å². The molecule has 1 fully saturated rings. The molecule has 1 aliphatic heterocycles. The average molecular weight is 276 g/mol. The first kappa shape index (κ1) is 15.0. The summed E-state index contributed by atoms with van der Waals surface area (Å²) in [6.07, 6.45) is 2.61. The topological polar surface area (TPSA) is 41.6 Å². The van der Waals surface area contributed by atoms with Crippen LogP contribution < -0.4 is 10.2 Å². The Morgan fingerprint density at radius 2 is 2.20 bits per heavy atom. The Bertz CT molecular complexity index is 402. The van der Waals surface area contributed by atoms with Crippen LogP contribution in [0.15, 0.2) is 30.3 Å². The van der Waals surface area contributed by atoms with E-state index in [0.29, 0.717) is 13.0 Å². The fourth-order valence-electron chi connectivity index (χ4n) is 2.39. The molecule has 0 aliphatic carbocycles. The molecule has 1 unspecified atom stereocenters. The summed E-state index contributed by atoms with van der Waals surface area (Å²) in [5.74, 6) is 0.174. The first-order valence-corrected chi connectivity index (χ1v) is 7.47. The van der Waals surface area contributed by atoms with Crippen molar-refractivity contribution in [1.29, 1.82) is 0 Å². The van der Waals surface area contributed by atoms with E-state index in [9.17, 15) is 4.79 Å². The van der Waals surface area contributed by atoms with E-state index in [1.54, 1.807) is 0 Å². The lowest BCUT2D eigenvalue weighted by atomic mass is 10.1. The van der Waals surface area contributed by atoms with Crippen molar-refractivity contribution < 1.29 is 9.53 Å². The van der Waals surface area contributed by atoms with Gasteiger partial charge in [0.25, 0.3) is 0 Å². The van der Waals surface area contributed by atoms with E-state index < -0.39 is 0 Å². The molecule has 20 heavy (non-hydrogen) atoms. The number of carbonyl (C=O) groups is 1. The molecule has 4 heteroatoms. The van der Waals surface area contributed by atoms with Gasteiger partial charge in [0, 0.05) is 31.2 Å². The van der Waals surface area contributed by atoms with E-state index in [1.807, 2.05) is 35.2 Å². The number of morpholine rings is 1. The number of unbranched alkanes of at least 4 members (excludes halogenated alkanes) is 1. The Morgan fingerprint density at radius 3 is 2.85 bits per heavy atom. The number of ether oxygens (including phenoxy) is 1. The predicted octanol–water partition coefficient (Wildman–Crippen LogP) is 2.20. The maximum absolute atomic E-state index is 12.5. The molecule has 0 bridgehead atoms. The Kier molecular flexibility index (Phi) is 6.02. The number of nitrogens with zero attached hydrogens (tertiary/aromatic N) is 1. The van der Waals surface area contributed by atoms with Crippen molar-refractivity contribution in [1.82, 2.24) is 5.32 Å². The smallest absolute Gasteiger partial charge is 0.228 e. The summed E-state index contributed by atoms with van der Waals surface area (Å²) < 4.78 is 5.42. The monoisotopic (exact) mass is 276 g/mol. The van der Waals surface area contributed by atoms with Crippen molar-refractivity contribution in [3.8, 4) is 0 Å². The Balaban J connectivity index is 1.99. The van der Waals surface area contributed by atoms with Crippen LogP contribution in [0.2, 0.25) is 0 Å². The molecule has 0 radical (unpaired) electrons. The maximum atomic E-state index is 12.5. The lowest BCUT2D eigenvalue weighted by Crippen LogP contribution is -2.45. The van der Waals surface area contributed by atoms with Crippen molar-refractivity contribution in [3.05, 3.63) is 30.3 Å². The third-order valence-electron chi connectivity index (χ3n) is 3.52. The highest BCUT2D eigenvalue weighted by molar-refractivity contribution is 5.93. The highest BCUT2D eigenvalue weighted by Gasteiger charge is 2.21. The second kappa shape index (κ2) is 8.02. The second-order valence-corrected chi connectivity index (χ2v) is 5.16. The third kappa shape index (κ3) is 4.32. The number of carbonyl (C=O) groups excluding carboxylic acids is 1. The molecular formula is C16H24N2O2. The second-order valence-electron chi connectivity index (χ2n) is 5.16. The number of rotatable bonds is 6. The summed E-state index contributed by atoms with van der Waals surface area (Å²) in [4.78, 5) is 14.5. The summed E-state index contributed by atoms with van der Waals surface area (Å²) in [5.41, 5.74) is 0.989. The number of amides is 1. The number of benzene rings is 1. The minimum absolute atomic E-state index is 0.143. The van der Waals surface area contributed by atoms with E-state index in [1.165, 1.54) is 0 Å². The number of hydrogen-bond donors (Lipinski definition) is 1. The van der Waals surface area contributed by atoms with E-state index in [2.05, 4.69) is 12.2 Å². The minimum atomic E-state index is 0.143. The summed E-state index contributed by atoms with van der Waals surface area (Å²) in [6.45, 7) is 5.13. The van der Waals surface area contributed by atoms with Gasteiger partial charge in [-0.25, -0.2) is 0 Å². The van der Waals surface area contributed by atoms with Gasteiger partial charge in [0.2, 0.25) is 5.91 Å². The van der Waals surface area contributed by atoms with Crippen LogP contribution in [0.1, 0.15) is 26.2 Å². The standard InChI is InChI=1S/C16H24N2O2/c1-2-3-10-18(15-7-5-4-6-8-15)16(19)12-14-13-20-11-9-17-14/h4-8,14,17H,2-3,9-13H2,1H3. The van der Waals surface area contributed by atoms with Gasteiger partial charge >= 0.3 is 0 Å². The maximum Gasteiger partial charge on any atom is 0.228 e. The lowest BCUT2D eigenvalue weighted by molar-refractivity contribution is -0.119. The van der Waals surface area contributed by atoms with Crippen LogP contribution >= 0.6 is 0 Å². The van der Waals surface area contributed by atoms with Crippen LogP contribution in [0.5, 0.6) is 0 Å². The van der Waals surface area contributed by atoms with Gasteiger partial charge in [0.05, 0.1) is 13.2 Å². The molecular weight excluding hydrogens is 252 g/mol. The normalized spacial score (nSPS) is 18.8. The number of nitrogens with one attached hydrogen (secondary N) is 1. The lowest BCUT2D eigenvalue weighted by Gasteiger charge is -2.28. The minimum Gasteiger partial charge on any atom is -0.378 e. The molecule has 1 aromatic rings. The first-order valence-electron chi connectivity index (χ1n) is 7.47. The van der Waals surface area contributed by atoms with E-state index in [0.717, 1.165) is 38.2 Å². The number of anilines is 1. The average Bonchev–Trinajstić information content (AvgIpc) is 2.50. The predicted molar refractivity (Wildman–Crippen MR) is 80.9 cm³/mol. The molecule has 0 saturated carbocycles. The molecule has 1 aliphatic rings. The molecule has 0 spiro atoms. The van der Waals surface area contributed by atoms with Crippen LogP contribution in [0.25, 0.3) is 0 Å². The van der Waals surface area contributed by atoms with Gasteiger partial charge in [0.1, 0.15) is 0 Å². The summed E-state index contributed by atoms with van der Waals surface area (Å²) in [7, 11) is 0. The van der Waals surface area contributed by atoms with Gasteiger partial charge < -0.3 is 15.0 Å². The van der Waals surface area contributed by atoms with Gasteiger partial charge in [0.15, 0.2) is 0 Å². The van der Waals surface area contributed by atoms with Crippen molar-refractivity contribution in [2.45, 2.75) is 32.2 Å². The van der Waals surface area contributed by atoms with Crippen molar-refractivity contribution >= 4 is 11.6 Å². The molecule has 1 amide bonds. The van der Waals surface area contributed by atoms with E-state index >= 15 is 0 Å². The fraction of sp³-hybridized carbons (Fsp3) is 0.562. The van der Waals surface area contributed by atoms with Crippen molar-refractivity contribution in [2.24, 2.45) is 0 Å². The SMILES string of the molecule is CCCCN(C(=O)CC1COCCN1)c1ccccc1. The zero-order chi connectivity index (χ0) is 14.2. The Hall–Kier alpha value is -1.39. The van der Waals surface area contributed by atoms with Gasteiger partial charge in [-0.05, 0) is 18.6 Å². The summed E-state index contributed by atoms with van der Waals surface area (Å²) in [5, 5.41) is 3.34. The van der Waals surface area contributed by atoms with E-state index in [-0.39, 0.29) is 11.9 Å². The van der Waals surface area contributed by atoms with Crippen molar-refractivity contribution in [3.63, 3.8) is 0 Å². The largest absolute Gasteiger partial charge is 0.378 e. The van der Waals surface area contributed by atoms with Crippen LogP contribution in [-0.4, -0.2) is 38.3 Å². The van der Waals surface area contributed by atoms with Crippen LogP contribution in [0.3, 0.4) is 0 Å². The molecule has 1 heterocycles. The highest BCUT2D eigenvalue weighted by atomic mass is 16.5. The van der Waals surface area contributed by atoms with Gasteiger partial charge in [-0.3, -0.25) is 4.79 Å². The van der Waals surface area contributed by atoms with Crippen LogP contribution in [-0.2, 0) is 9.53 Å². The molecule has 1 saturated heterocycles. The molecule has 1 N–H and O–H groups in total. The van der Waals surface area contributed by atoms with Crippen molar-refractivity contribution in [2.75, 3.05) is 31.2 Å². The fourth-order valence-corrected chi connectivity index (χ4v) is 2.39. The molecule has 0 aromatic heterocycles.